The van der Waals surface area contributed by atoms with Gasteiger partial charge in [-0.25, -0.2) is 9.69 Å². The van der Waals surface area contributed by atoms with E-state index in [0.29, 0.717) is 11.4 Å². The van der Waals surface area contributed by atoms with E-state index in [2.05, 4.69) is 10.3 Å². The van der Waals surface area contributed by atoms with E-state index in [4.69, 9.17) is 0 Å². The molecule has 27 heavy (non-hydrogen) atoms. The Balaban J connectivity index is 1.86. The van der Waals surface area contributed by atoms with Crippen molar-refractivity contribution in [2.24, 2.45) is 10.9 Å². The van der Waals surface area contributed by atoms with Crippen LogP contribution in [-0.2, 0) is 9.59 Å². The fourth-order valence-electron chi connectivity index (χ4n) is 2.76. The zero-order valence-corrected chi connectivity index (χ0v) is 15.3. The standard InChI is InChI=1S/C20H20N4O3/c1-13-6-4-5-7-17(13)24-19(26)16(18(25)22-20(24)27)12-21-14-8-10-15(11-9-14)23(2)3/h4-12,16H,1-3H3,(H,22,25,27)/t16-/m1/s1. The average molecular weight is 364 g/mol. The monoisotopic (exact) mass is 364 g/mol. The van der Waals surface area contributed by atoms with Crippen molar-refractivity contribution in [3.63, 3.8) is 0 Å². The van der Waals surface area contributed by atoms with E-state index in [1.54, 1.807) is 37.3 Å². The first-order valence-corrected chi connectivity index (χ1v) is 8.44. The number of nitrogens with zero attached hydrogens (tertiary/aromatic N) is 3. The Morgan fingerprint density at radius 3 is 2.33 bits per heavy atom. The molecule has 1 saturated heterocycles. The highest BCUT2D eigenvalue weighted by molar-refractivity contribution is 6.32. The van der Waals surface area contributed by atoms with Crippen molar-refractivity contribution >= 4 is 41.1 Å². The van der Waals surface area contributed by atoms with Gasteiger partial charge in [-0.15, -0.1) is 0 Å². The Kier molecular flexibility index (Phi) is 5.03. The number of rotatable bonds is 4. The van der Waals surface area contributed by atoms with Gasteiger partial charge in [0.25, 0.3) is 5.91 Å². The van der Waals surface area contributed by atoms with E-state index in [9.17, 15) is 14.4 Å². The first-order chi connectivity index (χ1) is 12.9. The summed E-state index contributed by atoms with van der Waals surface area (Å²) in [5.41, 5.74) is 2.82. The van der Waals surface area contributed by atoms with Gasteiger partial charge in [-0.3, -0.25) is 19.9 Å². The van der Waals surface area contributed by atoms with Crippen LogP contribution in [-0.4, -0.2) is 38.2 Å². The number of nitrogens with one attached hydrogen (secondary N) is 1. The summed E-state index contributed by atoms with van der Waals surface area (Å²) in [6, 6.07) is 13.6. The minimum Gasteiger partial charge on any atom is -0.378 e. The molecule has 0 aliphatic carbocycles. The van der Waals surface area contributed by atoms with Gasteiger partial charge in [0.05, 0.1) is 11.4 Å². The van der Waals surface area contributed by atoms with Crippen LogP contribution in [0.15, 0.2) is 53.5 Å². The van der Waals surface area contributed by atoms with Crippen LogP contribution in [0.2, 0.25) is 0 Å². The SMILES string of the molecule is Cc1ccccc1N1C(=O)NC(=O)[C@@H](C=Nc2ccc(N(C)C)cc2)C1=O. The van der Waals surface area contributed by atoms with E-state index >= 15 is 0 Å². The van der Waals surface area contributed by atoms with Crippen LogP contribution in [0.4, 0.5) is 21.9 Å². The minimum absolute atomic E-state index is 0.446. The molecule has 138 valence electrons. The molecule has 0 radical (unpaired) electrons. The number of carbonyl (C=O) groups excluding carboxylic acids is 3. The van der Waals surface area contributed by atoms with Gasteiger partial charge in [0, 0.05) is 26.0 Å². The Morgan fingerprint density at radius 2 is 1.70 bits per heavy atom. The molecule has 7 nitrogen and oxygen atoms in total. The molecule has 7 heteroatoms. The van der Waals surface area contributed by atoms with Gasteiger partial charge in [-0.05, 0) is 42.8 Å². The fraction of sp³-hybridized carbons (Fsp3) is 0.200. The summed E-state index contributed by atoms with van der Waals surface area (Å²) in [6.45, 7) is 1.79. The third-order valence-corrected chi connectivity index (χ3v) is 4.30. The van der Waals surface area contributed by atoms with Crippen LogP contribution in [0.1, 0.15) is 5.56 Å². The lowest BCUT2D eigenvalue weighted by Crippen LogP contribution is -2.58. The van der Waals surface area contributed by atoms with Gasteiger partial charge in [0.2, 0.25) is 5.91 Å². The Bertz CT molecular complexity index is 919. The largest absolute Gasteiger partial charge is 0.378 e. The second kappa shape index (κ2) is 7.41. The van der Waals surface area contributed by atoms with E-state index < -0.39 is 23.8 Å². The van der Waals surface area contributed by atoms with Gasteiger partial charge < -0.3 is 4.90 Å². The summed E-state index contributed by atoms with van der Waals surface area (Å²) in [7, 11) is 3.86. The summed E-state index contributed by atoms with van der Waals surface area (Å²) >= 11 is 0. The number of benzene rings is 2. The maximum absolute atomic E-state index is 12.8. The van der Waals surface area contributed by atoms with Crippen molar-refractivity contribution in [1.29, 1.82) is 0 Å². The highest BCUT2D eigenvalue weighted by Gasteiger charge is 2.40. The molecular formula is C20H20N4O3. The van der Waals surface area contributed by atoms with E-state index in [1.165, 1.54) is 6.21 Å². The van der Waals surface area contributed by atoms with Crippen molar-refractivity contribution in [3.05, 3.63) is 54.1 Å². The predicted octanol–water partition coefficient (Wildman–Crippen LogP) is 2.66. The molecule has 2 aromatic rings. The second-order valence-corrected chi connectivity index (χ2v) is 6.42. The fourth-order valence-corrected chi connectivity index (χ4v) is 2.76. The number of amides is 4. The van der Waals surface area contributed by atoms with Crippen LogP contribution in [0.3, 0.4) is 0 Å². The van der Waals surface area contributed by atoms with Crippen molar-refractivity contribution in [2.45, 2.75) is 6.92 Å². The molecule has 1 fully saturated rings. The number of para-hydroxylation sites is 1. The summed E-state index contributed by atoms with van der Waals surface area (Å²) in [5, 5.41) is 2.23. The number of hydrogen-bond acceptors (Lipinski definition) is 5. The predicted molar refractivity (Wildman–Crippen MR) is 105 cm³/mol. The molecule has 2 aromatic carbocycles. The lowest BCUT2D eigenvalue weighted by atomic mass is 10.0. The number of anilines is 2. The Morgan fingerprint density at radius 1 is 1.04 bits per heavy atom. The maximum atomic E-state index is 12.8. The molecule has 0 spiro atoms. The number of aryl methyl sites for hydroxylation is 1. The molecule has 4 amide bonds. The molecule has 1 N–H and O–H groups in total. The summed E-state index contributed by atoms with van der Waals surface area (Å²) in [6.07, 6.45) is 1.28. The summed E-state index contributed by atoms with van der Waals surface area (Å²) in [5.74, 6) is -2.47. The molecule has 1 atom stereocenters. The number of barbiturate groups is 1. The van der Waals surface area contributed by atoms with Crippen LogP contribution in [0.25, 0.3) is 0 Å². The maximum Gasteiger partial charge on any atom is 0.335 e. The smallest absolute Gasteiger partial charge is 0.335 e. The Labute approximate surface area is 157 Å². The van der Waals surface area contributed by atoms with Gasteiger partial charge >= 0.3 is 6.03 Å². The van der Waals surface area contributed by atoms with Crippen molar-refractivity contribution in [2.75, 3.05) is 23.9 Å². The lowest BCUT2D eigenvalue weighted by molar-refractivity contribution is -0.131. The van der Waals surface area contributed by atoms with E-state index in [0.717, 1.165) is 16.2 Å². The average Bonchev–Trinajstić information content (AvgIpc) is 2.63. The van der Waals surface area contributed by atoms with Gasteiger partial charge in [-0.1, -0.05) is 18.2 Å². The van der Waals surface area contributed by atoms with Crippen LogP contribution in [0, 0.1) is 12.8 Å². The zero-order valence-electron chi connectivity index (χ0n) is 15.3. The summed E-state index contributed by atoms with van der Waals surface area (Å²) < 4.78 is 0. The number of hydrogen-bond donors (Lipinski definition) is 1. The number of carbonyl (C=O) groups is 3. The molecule has 3 rings (SSSR count). The zero-order chi connectivity index (χ0) is 19.6. The first kappa shape index (κ1) is 18.3. The summed E-state index contributed by atoms with van der Waals surface area (Å²) in [4.78, 5) is 44.4. The molecule has 0 unspecified atom stereocenters. The minimum atomic E-state index is -1.17. The van der Waals surface area contributed by atoms with Gasteiger partial charge in [0.15, 0.2) is 5.92 Å². The third-order valence-electron chi connectivity index (χ3n) is 4.30. The van der Waals surface area contributed by atoms with Crippen LogP contribution < -0.4 is 15.1 Å². The van der Waals surface area contributed by atoms with Crippen molar-refractivity contribution in [1.82, 2.24) is 5.32 Å². The normalized spacial score (nSPS) is 17.4. The van der Waals surface area contributed by atoms with E-state index in [1.807, 2.05) is 37.2 Å². The highest BCUT2D eigenvalue weighted by Crippen LogP contribution is 2.24. The van der Waals surface area contributed by atoms with Gasteiger partial charge in [-0.2, -0.15) is 0 Å². The number of urea groups is 1. The number of imide groups is 2. The van der Waals surface area contributed by atoms with Gasteiger partial charge in [0.1, 0.15) is 0 Å². The number of aliphatic imine (C=N–C) groups is 1. The highest BCUT2D eigenvalue weighted by atomic mass is 16.2. The molecule has 1 aliphatic heterocycles. The van der Waals surface area contributed by atoms with E-state index in [-0.39, 0.29) is 0 Å². The molecule has 1 aliphatic rings. The first-order valence-electron chi connectivity index (χ1n) is 8.44. The van der Waals surface area contributed by atoms with Crippen molar-refractivity contribution in [3.8, 4) is 0 Å². The van der Waals surface area contributed by atoms with Crippen LogP contribution in [0.5, 0.6) is 0 Å². The third kappa shape index (κ3) is 3.72. The second-order valence-electron chi connectivity index (χ2n) is 6.42. The molecule has 0 bridgehead atoms. The topological polar surface area (TPSA) is 82.1 Å². The molecule has 0 aromatic heterocycles. The quantitative estimate of drug-likeness (QED) is 0.668. The van der Waals surface area contributed by atoms with Crippen LogP contribution >= 0.6 is 0 Å². The lowest BCUT2D eigenvalue weighted by Gasteiger charge is -2.29. The Hall–Kier alpha value is -3.48. The molecule has 1 heterocycles. The molecular weight excluding hydrogens is 344 g/mol. The molecule has 0 saturated carbocycles. The van der Waals surface area contributed by atoms with Crippen molar-refractivity contribution < 1.29 is 14.4 Å².